The average Bonchev–Trinajstić information content (AvgIpc) is 3.14. The van der Waals surface area contributed by atoms with E-state index in [2.05, 4.69) is 38.2 Å². The maximum atomic E-state index is 12.3. The second-order valence-corrected chi connectivity index (χ2v) is 8.30. The predicted octanol–water partition coefficient (Wildman–Crippen LogP) is 4.53. The van der Waals surface area contributed by atoms with Crippen LogP contribution in [0.4, 0.5) is 0 Å². The molecule has 0 saturated heterocycles. The summed E-state index contributed by atoms with van der Waals surface area (Å²) in [6.07, 6.45) is 5.35. The van der Waals surface area contributed by atoms with Gasteiger partial charge in [-0.05, 0) is 61.1 Å². The number of nitrogens with zero attached hydrogens (tertiary/aromatic N) is 1. The van der Waals surface area contributed by atoms with Crippen molar-refractivity contribution in [3.05, 3.63) is 35.4 Å². The molecule has 1 N–H and O–H groups in total. The first-order chi connectivity index (χ1) is 10.8. The third-order valence-corrected chi connectivity index (χ3v) is 5.62. The summed E-state index contributed by atoms with van der Waals surface area (Å²) in [5, 5.41) is 4.39. The Morgan fingerprint density at radius 2 is 1.83 bits per heavy atom. The lowest BCUT2D eigenvalue weighted by Gasteiger charge is -2.21. The minimum atomic E-state index is -0.118. The predicted molar refractivity (Wildman–Crippen MR) is 94.7 cm³/mol. The Balaban J connectivity index is 1.61. The van der Waals surface area contributed by atoms with Gasteiger partial charge >= 0.3 is 0 Å². The third kappa shape index (κ3) is 3.49. The zero-order valence-corrected chi connectivity index (χ0v) is 14.7. The highest BCUT2D eigenvalue weighted by Gasteiger charge is 2.40. The molecule has 1 aromatic rings. The lowest BCUT2D eigenvalue weighted by Crippen LogP contribution is -2.24. The van der Waals surface area contributed by atoms with Gasteiger partial charge in [-0.25, -0.2) is 5.43 Å². The van der Waals surface area contributed by atoms with Gasteiger partial charge in [0.2, 0.25) is 0 Å². The van der Waals surface area contributed by atoms with Crippen LogP contribution < -0.4 is 5.43 Å². The number of fused-ring (bicyclic) bond motifs is 2. The molecule has 0 aromatic heterocycles. The summed E-state index contributed by atoms with van der Waals surface area (Å²) >= 11 is 0. The minimum absolute atomic E-state index is 0.103. The molecule has 124 valence electrons. The molecule has 3 unspecified atom stereocenters. The molecule has 0 radical (unpaired) electrons. The van der Waals surface area contributed by atoms with E-state index in [0.29, 0.717) is 11.5 Å². The van der Waals surface area contributed by atoms with Gasteiger partial charge in [0.25, 0.3) is 5.91 Å². The van der Waals surface area contributed by atoms with Gasteiger partial charge in [0.05, 0.1) is 0 Å². The Morgan fingerprint density at radius 3 is 2.35 bits per heavy atom. The van der Waals surface area contributed by atoms with Crippen LogP contribution in [0, 0.1) is 17.8 Å². The van der Waals surface area contributed by atoms with Crippen LogP contribution in [-0.4, -0.2) is 11.6 Å². The summed E-state index contributed by atoms with van der Waals surface area (Å²) in [6.45, 7) is 8.58. The van der Waals surface area contributed by atoms with Crippen LogP contribution in [-0.2, 0) is 5.41 Å². The monoisotopic (exact) mass is 312 g/mol. The molecule has 3 heteroatoms. The molecule has 1 amide bonds. The lowest BCUT2D eigenvalue weighted by atomic mass is 9.86. The van der Waals surface area contributed by atoms with Crippen molar-refractivity contribution >= 4 is 11.6 Å². The molecule has 3 nitrogen and oxygen atoms in total. The number of hydrazone groups is 1. The molecule has 2 fully saturated rings. The van der Waals surface area contributed by atoms with Gasteiger partial charge in [-0.3, -0.25) is 4.79 Å². The van der Waals surface area contributed by atoms with Crippen molar-refractivity contribution in [1.82, 2.24) is 5.43 Å². The topological polar surface area (TPSA) is 41.5 Å². The van der Waals surface area contributed by atoms with Gasteiger partial charge in [0, 0.05) is 17.2 Å². The van der Waals surface area contributed by atoms with Crippen LogP contribution in [0.25, 0.3) is 0 Å². The van der Waals surface area contributed by atoms with E-state index in [4.69, 9.17) is 0 Å². The molecule has 2 bridgehead atoms. The van der Waals surface area contributed by atoms with Crippen molar-refractivity contribution in [1.29, 1.82) is 0 Å². The largest absolute Gasteiger partial charge is 0.271 e. The molecule has 3 rings (SSSR count). The molecule has 0 aliphatic heterocycles. The van der Waals surface area contributed by atoms with E-state index in [0.717, 1.165) is 17.5 Å². The first kappa shape index (κ1) is 16.2. The highest BCUT2D eigenvalue weighted by molar-refractivity contribution is 5.95. The highest BCUT2D eigenvalue weighted by atomic mass is 16.2. The Hall–Kier alpha value is -1.64. The smallest absolute Gasteiger partial charge is 0.267 e. The van der Waals surface area contributed by atoms with Crippen LogP contribution in [0.15, 0.2) is 29.4 Å². The van der Waals surface area contributed by atoms with Crippen LogP contribution in [0.3, 0.4) is 0 Å². The summed E-state index contributed by atoms with van der Waals surface area (Å²) in [6, 6.07) is 7.83. The summed E-state index contributed by atoms with van der Waals surface area (Å²) in [7, 11) is 0. The van der Waals surface area contributed by atoms with Gasteiger partial charge in [0.1, 0.15) is 0 Å². The molecule has 0 spiro atoms. The quantitative estimate of drug-likeness (QED) is 0.647. The van der Waals surface area contributed by atoms with Crippen molar-refractivity contribution in [2.45, 2.75) is 58.8 Å². The van der Waals surface area contributed by atoms with Crippen molar-refractivity contribution in [2.75, 3.05) is 0 Å². The molecule has 3 atom stereocenters. The maximum absolute atomic E-state index is 12.3. The fourth-order valence-corrected chi connectivity index (χ4v) is 4.16. The van der Waals surface area contributed by atoms with Crippen LogP contribution in [0.1, 0.15) is 69.3 Å². The summed E-state index contributed by atoms with van der Waals surface area (Å²) < 4.78 is 0. The zero-order chi connectivity index (χ0) is 16.6. The van der Waals surface area contributed by atoms with Crippen molar-refractivity contribution in [2.24, 2.45) is 22.9 Å². The third-order valence-electron chi connectivity index (χ3n) is 5.62. The second kappa shape index (κ2) is 6.10. The van der Waals surface area contributed by atoms with E-state index in [-0.39, 0.29) is 11.3 Å². The van der Waals surface area contributed by atoms with Crippen LogP contribution in [0.2, 0.25) is 0 Å². The van der Waals surface area contributed by atoms with E-state index in [9.17, 15) is 4.79 Å². The van der Waals surface area contributed by atoms with E-state index >= 15 is 0 Å². The summed E-state index contributed by atoms with van der Waals surface area (Å²) in [4.78, 5) is 12.3. The zero-order valence-electron chi connectivity index (χ0n) is 14.7. The van der Waals surface area contributed by atoms with Gasteiger partial charge in [0.15, 0.2) is 0 Å². The Kier molecular flexibility index (Phi) is 4.31. The summed E-state index contributed by atoms with van der Waals surface area (Å²) in [5.74, 6) is 2.16. The van der Waals surface area contributed by atoms with Crippen LogP contribution >= 0.6 is 0 Å². The molecule has 2 aliphatic carbocycles. The van der Waals surface area contributed by atoms with Crippen molar-refractivity contribution in [3.8, 4) is 0 Å². The van der Waals surface area contributed by atoms with Crippen molar-refractivity contribution < 1.29 is 4.79 Å². The number of carbonyl (C=O) groups is 1. The normalized spacial score (nSPS) is 27.3. The Labute approximate surface area is 139 Å². The van der Waals surface area contributed by atoms with E-state index in [1.807, 2.05) is 24.3 Å². The summed E-state index contributed by atoms with van der Waals surface area (Å²) in [5.41, 5.74) is 5.84. The minimum Gasteiger partial charge on any atom is -0.267 e. The van der Waals surface area contributed by atoms with Gasteiger partial charge in [-0.1, -0.05) is 39.3 Å². The number of hydrogen-bond acceptors (Lipinski definition) is 2. The van der Waals surface area contributed by atoms with Crippen LogP contribution in [0.5, 0.6) is 0 Å². The molecular formula is C20H28N2O. The number of nitrogens with one attached hydrogen (secondary N) is 1. The van der Waals surface area contributed by atoms with E-state index in [1.165, 1.54) is 31.2 Å². The standard InChI is InChI=1S/C20H28N2O/c1-13(18-12-14-5-6-16(18)11-14)21-22-19(23)15-7-9-17(10-8-15)20(2,3)4/h7-10,14,16,18H,5-6,11-12H2,1-4H3,(H,22,23)/b21-13+. The maximum Gasteiger partial charge on any atom is 0.271 e. The second-order valence-electron chi connectivity index (χ2n) is 8.30. The number of amides is 1. The SMILES string of the molecule is C/C(=N\NC(=O)c1ccc(C(C)(C)C)cc1)C1CC2CCC1C2. The number of carbonyl (C=O) groups excluding carboxylic acids is 1. The molecular weight excluding hydrogens is 284 g/mol. The van der Waals surface area contributed by atoms with Gasteiger partial charge < -0.3 is 0 Å². The van der Waals surface area contributed by atoms with E-state index < -0.39 is 0 Å². The van der Waals surface area contributed by atoms with E-state index in [1.54, 1.807) is 0 Å². The molecule has 2 aliphatic rings. The fraction of sp³-hybridized carbons (Fsp3) is 0.600. The number of rotatable bonds is 3. The number of benzene rings is 1. The van der Waals surface area contributed by atoms with Gasteiger partial charge in [-0.15, -0.1) is 0 Å². The Morgan fingerprint density at radius 1 is 1.13 bits per heavy atom. The molecule has 1 aromatic carbocycles. The number of hydrogen-bond donors (Lipinski definition) is 1. The molecule has 0 heterocycles. The Bertz CT molecular complexity index is 610. The molecule has 2 saturated carbocycles. The first-order valence-corrected chi connectivity index (χ1v) is 8.79. The fourth-order valence-electron chi connectivity index (χ4n) is 4.16. The highest BCUT2D eigenvalue weighted by Crippen LogP contribution is 2.48. The molecule has 23 heavy (non-hydrogen) atoms. The van der Waals surface area contributed by atoms with Crippen molar-refractivity contribution in [3.63, 3.8) is 0 Å². The average molecular weight is 312 g/mol. The lowest BCUT2D eigenvalue weighted by molar-refractivity contribution is 0.0954. The van der Waals surface area contributed by atoms with Gasteiger partial charge in [-0.2, -0.15) is 5.10 Å². The first-order valence-electron chi connectivity index (χ1n) is 8.79.